The van der Waals surface area contributed by atoms with Crippen molar-refractivity contribution in [1.29, 1.82) is 0 Å². The molecule has 0 saturated carbocycles. The van der Waals surface area contributed by atoms with E-state index in [1.807, 2.05) is 13.8 Å². The zero-order chi connectivity index (χ0) is 15.4. The molecule has 0 amide bonds. The molecular weight excluding hydrogens is 355 g/mol. The highest BCUT2D eigenvalue weighted by molar-refractivity contribution is 9.10. The maximum absolute atomic E-state index is 13.6. The minimum atomic E-state index is -0.240. The van der Waals surface area contributed by atoms with Crippen LogP contribution in [0.1, 0.15) is 19.4 Å². The first kappa shape index (κ1) is 15.9. The first-order chi connectivity index (χ1) is 9.95. The largest absolute Gasteiger partial charge is 0.360 e. The third-order valence-electron chi connectivity index (χ3n) is 2.66. The van der Waals surface area contributed by atoms with Crippen LogP contribution in [-0.4, -0.2) is 20.9 Å². The van der Waals surface area contributed by atoms with Gasteiger partial charge in [-0.1, -0.05) is 18.2 Å². The first-order valence-electron chi connectivity index (χ1n) is 6.49. The number of aromatic nitrogens is 2. The molecule has 0 unspecified atom stereocenters. The third-order valence-corrected chi connectivity index (χ3v) is 3.46. The van der Waals surface area contributed by atoms with Crippen molar-refractivity contribution in [1.82, 2.24) is 15.1 Å². The summed E-state index contributed by atoms with van der Waals surface area (Å²) in [7, 11) is 0. The Balaban J connectivity index is 2.09. The van der Waals surface area contributed by atoms with Gasteiger partial charge in [-0.3, -0.25) is 4.68 Å². The summed E-state index contributed by atoms with van der Waals surface area (Å²) in [6.45, 7) is 4.36. The minimum absolute atomic E-state index is 0.240. The van der Waals surface area contributed by atoms with Crippen LogP contribution < -0.4 is 10.6 Å². The second-order valence-corrected chi connectivity index (χ2v) is 6.13. The Morgan fingerprint density at radius 1 is 1.43 bits per heavy atom. The molecule has 0 radical (unpaired) electrons. The van der Waals surface area contributed by atoms with Gasteiger partial charge in [0.2, 0.25) is 0 Å². The van der Waals surface area contributed by atoms with Crippen molar-refractivity contribution in [2.75, 3.05) is 5.32 Å². The fraction of sp³-hybridized carbons (Fsp3) is 0.286. The van der Waals surface area contributed by atoms with Crippen LogP contribution in [-0.2, 0) is 6.54 Å². The summed E-state index contributed by atoms with van der Waals surface area (Å²) in [4.78, 5) is 0. The van der Waals surface area contributed by atoms with Crippen molar-refractivity contribution < 1.29 is 4.39 Å². The predicted octanol–water partition coefficient (Wildman–Crippen LogP) is 3.53. The Bertz CT molecular complexity index is 642. The van der Waals surface area contributed by atoms with Crippen molar-refractivity contribution in [2.24, 2.45) is 0 Å². The van der Waals surface area contributed by atoms with Gasteiger partial charge >= 0.3 is 0 Å². The SMILES string of the molecule is CC(C)NC(=S)Nc1nn(Cc2ccccc2F)cc1Br. The molecule has 0 fully saturated rings. The summed E-state index contributed by atoms with van der Waals surface area (Å²) in [5, 5.41) is 10.9. The Morgan fingerprint density at radius 3 is 2.81 bits per heavy atom. The quantitative estimate of drug-likeness (QED) is 0.807. The third kappa shape index (κ3) is 4.50. The molecule has 1 heterocycles. The number of nitrogens with one attached hydrogen (secondary N) is 2. The second kappa shape index (κ2) is 7.00. The predicted molar refractivity (Wildman–Crippen MR) is 89.9 cm³/mol. The fourth-order valence-corrected chi connectivity index (χ4v) is 2.52. The standard InChI is InChI=1S/C14H16BrFN4S/c1-9(2)17-14(21)18-13-11(15)8-20(19-13)7-10-5-3-4-6-12(10)16/h3-6,8-9H,7H2,1-2H3,(H2,17,18,19,21). The van der Waals surface area contributed by atoms with E-state index in [-0.39, 0.29) is 11.9 Å². The number of thiocarbonyl (C=S) groups is 1. The van der Waals surface area contributed by atoms with Crippen LogP contribution in [0.4, 0.5) is 10.2 Å². The Morgan fingerprint density at radius 2 is 2.14 bits per heavy atom. The smallest absolute Gasteiger partial charge is 0.172 e. The zero-order valence-corrected chi connectivity index (χ0v) is 14.1. The summed E-state index contributed by atoms with van der Waals surface area (Å²) in [6, 6.07) is 6.89. The van der Waals surface area contributed by atoms with Crippen molar-refractivity contribution in [3.63, 3.8) is 0 Å². The Hall–Kier alpha value is -1.47. The van der Waals surface area contributed by atoms with Crippen molar-refractivity contribution in [3.8, 4) is 0 Å². The average Bonchev–Trinajstić information content (AvgIpc) is 2.71. The van der Waals surface area contributed by atoms with Gasteiger partial charge in [0.05, 0.1) is 11.0 Å². The van der Waals surface area contributed by atoms with E-state index in [0.717, 1.165) is 4.47 Å². The molecule has 0 spiro atoms. The van der Waals surface area contributed by atoms with Gasteiger partial charge in [-0.25, -0.2) is 4.39 Å². The van der Waals surface area contributed by atoms with E-state index in [1.165, 1.54) is 6.07 Å². The van der Waals surface area contributed by atoms with Gasteiger partial charge in [0.25, 0.3) is 0 Å². The molecule has 0 atom stereocenters. The van der Waals surface area contributed by atoms with E-state index in [9.17, 15) is 4.39 Å². The lowest BCUT2D eigenvalue weighted by Crippen LogP contribution is -2.34. The summed E-state index contributed by atoms with van der Waals surface area (Å²) in [6.07, 6.45) is 1.78. The van der Waals surface area contributed by atoms with E-state index in [0.29, 0.717) is 23.0 Å². The lowest BCUT2D eigenvalue weighted by atomic mass is 10.2. The molecule has 2 rings (SSSR count). The van der Waals surface area contributed by atoms with Gasteiger partial charge in [0.1, 0.15) is 5.82 Å². The van der Waals surface area contributed by atoms with Crippen LogP contribution in [0.5, 0.6) is 0 Å². The number of hydrogen-bond acceptors (Lipinski definition) is 2. The highest BCUT2D eigenvalue weighted by Gasteiger charge is 2.10. The number of anilines is 1. The van der Waals surface area contributed by atoms with E-state index in [2.05, 4.69) is 31.7 Å². The van der Waals surface area contributed by atoms with Crippen molar-refractivity contribution in [2.45, 2.75) is 26.4 Å². The van der Waals surface area contributed by atoms with E-state index >= 15 is 0 Å². The van der Waals surface area contributed by atoms with Crippen LogP contribution in [0.15, 0.2) is 34.9 Å². The van der Waals surface area contributed by atoms with Crippen molar-refractivity contribution >= 4 is 39.1 Å². The molecule has 0 bridgehead atoms. The van der Waals surface area contributed by atoms with Gasteiger partial charge < -0.3 is 10.6 Å². The number of benzene rings is 1. The van der Waals surface area contributed by atoms with Crippen LogP contribution in [0.2, 0.25) is 0 Å². The highest BCUT2D eigenvalue weighted by atomic mass is 79.9. The first-order valence-corrected chi connectivity index (χ1v) is 7.69. The number of nitrogens with zero attached hydrogens (tertiary/aromatic N) is 2. The summed E-state index contributed by atoms with van der Waals surface area (Å²) in [5.41, 5.74) is 0.585. The van der Waals surface area contributed by atoms with E-state index in [1.54, 1.807) is 29.1 Å². The molecule has 0 saturated heterocycles. The normalized spacial score (nSPS) is 10.7. The molecule has 1 aromatic heterocycles. The monoisotopic (exact) mass is 370 g/mol. The lowest BCUT2D eigenvalue weighted by molar-refractivity contribution is 0.585. The van der Waals surface area contributed by atoms with Gasteiger partial charge in [0, 0.05) is 17.8 Å². The lowest BCUT2D eigenvalue weighted by Gasteiger charge is -2.11. The fourth-order valence-electron chi connectivity index (χ4n) is 1.77. The molecule has 21 heavy (non-hydrogen) atoms. The molecular formula is C14H16BrFN4S. The van der Waals surface area contributed by atoms with E-state index < -0.39 is 0 Å². The van der Waals surface area contributed by atoms with Crippen LogP contribution in [0, 0.1) is 5.82 Å². The molecule has 0 aliphatic carbocycles. The molecule has 0 aliphatic heterocycles. The van der Waals surface area contributed by atoms with Gasteiger partial charge in [-0.2, -0.15) is 5.10 Å². The molecule has 112 valence electrons. The highest BCUT2D eigenvalue weighted by Crippen LogP contribution is 2.21. The van der Waals surface area contributed by atoms with Crippen molar-refractivity contribution in [3.05, 3.63) is 46.3 Å². The molecule has 2 aromatic rings. The minimum Gasteiger partial charge on any atom is -0.360 e. The summed E-state index contributed by atoms with van der Waals surface area (Å²) >= 11 is 8.60. The zero-order valence-electron chi connectivity index (χ0n) is 11.7. The summed E-state index contributed by atoms with van der Waals surface area (Å²) in [5.74, 6) is 0.361. The average molecular weight is 371 g/mol. The maximum Gasteiger partial charge on any atom is 0.172 e. The summed E-state index contributed by atoms with van der Waals surface area (Å²) < 4.78 is 16.1. The number of halogens is 2. The molecule has 1 aromatic carbocycles. The van der Waals surface area contributed by atoms with Crippen LogP contribution >= 0.6 is 28.1 Å². The maximum atomic E-state index is 13.6. The number of hydrogen-bond donors (Lipinski definition) is 2. The van der Waals surface area contributed by atoms with E-state index in [4.69, 9.17) is 12.2 Å². The number of rotatable bonds is 4. The van der Waals surface area contributed by atoms with Gasteiger partial charge in [0.15, 0.2) is 10.9 Å². The van der Waals surface area contributed by atoms with Crippen LogP contribution in [0.25, 0.3) is 0 Å². The van der Waals surface area contributed by atoms with Crippen LogP contribution in [0.3, 0.4) is 0 Å². The topological polar surface area (TPSA) is 41.9 Å². The molecule has 7 heteroatoms. The van der Waals surface area contributed by atoms with Gasteiger partial charge in [-0.15, -0.1) is 0 Å². The molecule has 2 N–H and O–H groups in total. The Kier molecular flexibility index (Phi) is 5.30. The second-order valence-electron chi connectivity index (χ2n) is 4.87. The molecule has 0 aliphatic rings. The van der Waals surface area contributed by atoms with Gasteiger partial charge in [-0.05, 0) is 48.1 Å². The Labute approximate surface area is 136 Å². The molecule has 4 nitrogen and oxygen atoms in total.